The molecule has 0 amide bonds. The van der Waals surface area contributed by atoms with E-state index in [0.717, 1.165) is 37.4 Å². The minimum atomic E-state index is -0.131. The Morgan fingerprint density at radius 1 is 1.18 bits per heavy atom. The zero-order chi connectivity index (χ0) is 19.3. The average molecular weight is 372 g/mol. The van der Waals surface area contributed by atoms with Gasteiger partial charge in [-0.3, -0.25) is 14.7 Å². The highest BCUT2D eigenvalue weighted by atomic mass is 16.1. The van der Waals surface area contributed by atoms with Crippen LogP contribution in [0.4, 0.5) is 0 Å². The summed E-state index contributed by atoms with van der Waals surface area (Å²) in [6.07, 6.45) is 6.03. The maximum Gasteiger partial charge on any atom is 0.251 e. The van der Waals surface area contributed by atoms with E-state index < -0.39 is 0 Å². The lowest BCUT2D eigenvalue weighted by Gasteiger charge is -2.24. The quantitative estimate of drug-likeness (QED) is 0.733. The van der Waals surface area contributed by atoms with E-state index >= 15 is 0 Å². The first kappa shape index (κ1) is 18.3. The van der Waals surface area contributed by atoms with Crippen molar-refractivity contribution in [2.75, 3.05) is 13.1 Å². The molecule has 1 atom stereocenters. The normalized spacial score (nSPS) is 17.8. The van der Waals surface area contributed by atoms with Gasteiger partial charge in [0.25, 0.3) is 5.56 Å². The summed E-state index contributed by atoms with van der Waals surface area (Å²) in [4.78, 5) is 26.7. The van der Waals surface area contributed by atoms with Gasteiger partial charge in [-0.25, -0.2) is 4.98 Å². The zero-order valence-electron chi connectivity index (χ0n) is 16.0. The van der Waals surface area contributed by atoms with Gasteiger partial charge in [-0.1, -0.05) is 48.0 Å². The summed E-state index contributed by atoms with van der Waals surface area (Å²) in [6.45, 7) is 4.02. The van der Waals surface area contributed by atoms with E-state index in [-0.39, 0.29) is 11.6 Å². The predicted molar refractivity (Wildman–Crippen MR) is 112 cm³/mol. The minimum absolute atomic E-state index is 0.121. The molecule has 4 rings (SSSR count). The molecule has 28 heavy (non-hydrogen) atoms. The Bertz CT molecular complexity index is 1010. The summed E-state index contributed by atoms with van der Waals surface area (Å²) in [5, 5.41) is 0. The van der Waals surface area contributed by atoms with Crippen LogP contribution in [0.1, 0.15) is 37.2 Å². The molecule has 1 aliphatic heterocycles. The highest BCUT2D eigenvalue weighted by molar-refractivity contribution is 5.53. The summed E-state index contributed by atoms with van der Waals surface area (Å²) < 4.78 is 0. The number of aromatic amines is 1. The van der Waals surface area contributed by atoms with Crippen LogP contribution in [0.5, 0.6) is 0 Å². The average Bonchev–Trinajstić information content (AvgIpc) is 3.17. The van der Waals surface area contributed by atoms with Crippen molar-refractivity contribution in [1.82, 2.24) is 19.9 Å². The topological polar surface area (TPSA) is 61.9 Å². The number of hydrogen-bond donors (Lipinski definition) is 1. The van der Waals surface area contributed by atoms with Crippen LogP contribution in [0.25, 0.3) is 17.5 Å². The first-order valence-corrected chi connectivity index (χ1v) is 9.68. The number of benzene rings is 1. The van der Waals surface area contributed by atoms with Crippen molar-refractivity contribution in [2.45, 2.75) is 25.8 Å². The Morgan fingerprint density at radius 3 is 2.79 bits per heavy atom. The summed E-state index contributed by atoms with van der Waals surface area (Å²) in [5.74, 6) is 0.734. The van der Waals surface area contributed by atoms with Crippen LogP contribution < -0.4 is 5.56 Å². The molecule has 0 spiro atoms. The summed E-state index contributed by atoms with van der Waals surface area (Å²) in [7, 11) is 0. The number of pyridine rings is 1. The lowest BCUT2D eigenvalue weighted by molar-refractivity contribution is 0.270. The van der Waals surface area contributed by atoms with Gasteiger partial charge in [0.05, 0.1) is 17.4 Å². The number of rotatable bonds is 5. The molecule has 5 nitrogen and oxygen atoms in total. The monoisotopic (exact) mass is 372 g/mol. The Labute approximate surface area is 164 Å². The second-order valence-electron chi connectivity index (χ2n) is 7.26. The molecule has 5 heteroatoms. The molecule has 0 aliphatic carbocycles. The van der Waals surface area contributed by atoms with Crippen molar-refractivity contribution in [3.05, 3.63) is 88.1 Å². The molecule has 1 saturated heterocycles. The lowest BCUT2D eigenvalue weighted by atomic mass is 10.1. The van der Waals surface area contributed by atoms with Crippen molar-refractivity contribution in [3.63, 3.8) is 0 Å². The highest BCUT2D eigenvalue weighted by Gasteiger charge is 2.28. The van der Waals surface area contributed by atoms with Crippen molar-refractivity contribution < 1.29 is 0 Å². The Balaban J connectivity index is 1.57. The van der Waals surface area contributed by atoms with Crippen molar-refractivity contribution in [2.24, 2.45) is 0 Å². The number of aromatic nitrogens is 3. The van der Waals surface area contributed by atoms with Crippen molar-refractivity contribution in [1.29, 1.82) is 0 Å². The van der Waals surface area contributed by atoms with Crippen molar-refractivity contribution >= 4 is 6.08 Å². The highest BCUT2D eigenvalue weighted by Crippen LogP contribution is 2.30. The van der Waals surface area contributed by atoms with Gasteiger partial charge in [0.2, 0.25) is 0 Å². The molecule has 1 aromatic carbocycles. The maximum atomic E-state index is 12.3. The third kappa shape index (κ3) is 4.26. The molecule has 142 valence electrons. The number of H-pyrrole nitrogens is 1. The van der Waals surface area contributed by atoms with Gasteiger partial charge in [-0.05, 0) is 44.0 Å². The SMILES string of the molecule is C/C(=C\c1ccccc1)CN1CCC[C@H]1c1nc(-c2ccccn2)cc(=O)[nH]1. The van der Waals surface area contributed by atoms with Crippen LogP contribution in [0, 0.1) is 0 Å². The van der Waals surface area contributed by atoms with Crippen LogP contribution >= 0.6 is 0 Å². The molecule has 1 aliphatic rings. The third-order valence-corrected chi connectivity index (χ3v) is 5.03. The van der Waals surface area contributed by atoms with Crippen LogP contribution in [0.3, 0.4) is 0 Å². The molecular weight excluding hydrogens is 348 g/mol. The fourth-order valence-corrected chi connectivity index (χ4v) is 3.80. The Morgan fingerprint density at radius 2 is 2.00 bits per heavy atom. The van der Waals surface area contributed by atoms with E-state index in [0.29, 0.717) is 5.69 Å². The second-order valence-corrected chi connectivity index (χ2v) is 7.26. The standard InChI is InChI=1S/C23H24N4O/c1-17(14-18-8-3-2-4-9-18)16-27-13-7-11-21(27)23-25-20(15-22(28)26-23)19-10-5-6-12-24-19/h2-6,8-10,12,14-15,21H,7,11,13,16H2,1H3,(H,25,26,28)/b17-14+/t21-/m0/s1. The Hall–Kier alpha value is -3.05. The molecule has 2 aromatic heterocycles. The molecule has 3 aromatic rings. The predicted octanol–water partition coefficient (Wildman–Crippen LogP) is 4.07. The smallest absolute Gasteiger partial charge is 0.251 e. The summed E-state index contributed by atoms with van der Waals surface area (Å²) >= 11 is 0. The second kappa shape index (κ2) is 8.31. The van der Waals surface area contributed by atoms with Crippen LogP contribution in [0.2, 0.25) is 0 Å². The van der Waals surface area contributed by atoms with E-state index in [1.54, 1.807) is 6.20 Å². The molecular formula is C23H24N4O. The van der Waals surface area contributed by atoms with E-state index in [4.69, 9.17) is 4.98 Å². The maximum absolute atomic E-state index is 12.3. The fraction of sp³-hybridized carbons (Fsp3) is 0.261. The van der Waals surface area contributed by atoms with Gasteiger partial charge in [-0.2, -0.15) is 0 Å². The van der Waals surface area contributed by atoms with Crippen molar-refractivity contribution in [3.8, 4) is 11.4 Å². The van der Waals surface area contributed by atoms with Gasteiger partial charge < -0.3 is 4.98 Å². The van der Waals surface area contributed by atoms with E-state index in [2.05, 4.69) is 52.1 Å². The number of nitrogens with one attached hydrogen (secondary N) is 1. The number of hydrogen-bond acceptors (Lipinski definition) is 4. The number of likely N-dealkylation sites (tertiary alicyclic amines) is 1. The first-order valence-electron chi connectivity index (χ1n) is 9.68. The largest absolute Gasteiger partial charge is 0.309 e. The minimum Gasteiger partial charge on any atom is -0.309 e. The Kier molecular flexibility index (Phi) is 5.44. The lowest BCUT2D eigenvalue weighted by Crippen LogP contribution is -2.28. The summed E-state index contributed by atoms with van der Waals surface area (Å²) in [5.41, 5.74) is 3.72. The van der Waals surface area contributed by atoms with Crippen LogP contribution in [-0.2, 0) is 0 Å². The molecule has 0 saturated carbocycles. The fourth-order valence-electron chi connectivity index (χ4n) is 3.80. The van der Waals surface area contributed by atoms with Gasteiger partial charge in [0.15, 0.2) is 0 Å². The number of nitrogens with zero attached hydrogens (tertiary/aromatic N) is 3. The molecule has 3 heterocycles. The third-order valence-electron chi connectivity index (χ3n) is 5.03. The van der Waals surface area contributed by atoms with Crippen LogP contribution in [0.15, 0.2) is 71.2 Å². The molecule has 1 fully saturated rings. The molecule has 0 bridgehead atoms. The first-order chi connectivity index (χ1) is 13.7. The summed E-state index contributed by atoms with van der Waals surface area (Å²) in [6, 6.07) is 17.6. The molecule has 1 N–H and O–H groups in total. The van der Waals surface area contributed by atoms with E-state index in [1.807, 2.05) is 24.3 Å². The van der Waals surface area contributed by atoms with E-state index in [1.165, 1.54) is 17.2 Å². The van der Waals surface area contributed by atoms with Gasteiger partial charge in [0.1, 0.15) is 5.82 Å². The van der Waals surface area contributed by atoms with Gasteiger partial charge in [0, 0.05) is 18.8 Å². The van der Waals surface area contributed by atoms with Gasteiger partial charge >= 0.3 is 0 Å². The molecule has 0 unspecified atom stereocenters. The van der Waals surface area contributed by atoms with Gasteiger partial charge in [-0.15, -0.1) is 0 Å². The van der Waals surface area contributed by atoms with E-state index in [9.17, 15) is 4.79 Å². The zero-order valence-corrected chi connectivity index (χ0v) is 16.0. The van der Waals surface area contributed by atoms with Crippen LogP contribution in [-0.4, -0.2) is 32.9 Å². The molecule has 0 radical (unpaired) electrons.